The fraction of sp³-hybridized carbons (Fsp3) is 0.586. The van der Waals surface area contributed by atoms with Crippen LogP contribution in [0.5, 0.6) is 0 Å². The normalized spacial score (nSPS) is 17.9. The SMILES string of the molecule is CC(C)=CCCC(C)=CCCC(C)=C(N)CCC(C)(O)CCC1=C(C)C(=O)C(C)=C(C)C1=O. The van der Waals surface area contributed by atoms with Crippen molar-refractivity contribution in [2.24, 2.45) is 5.73 Å². The van der Waals surface area contributed by atoms with Gasteiger partial charge in [-0.3, -0.25) is 9.59 Å². The molecule has 0 saturated carbocycles. The molecule has 33 heavy (non-hydrogen) atoms. The Labute approximate surface area is 201 Å². The molecule has 0 amide bonds. The molecule has 4 nitrogen and oxygen atoms in total. The Hall–Kier alpha value is -2.20. The van der Waals surface area contributed by atoms with Crippen molar-refractivity contribution < 1.29 is 14.7 Å². The average Bonchev–Trinajstić information content (AvgIpc) is 2.74. The van der Waals surface area contributed by atoms with Gasteiger partial charge in [0.2, 0.25) is 0 Å². The van der Waals surface area contributed by atoms with Crippen molar-refractivity contribution in [3.63, 3.8) is 0 Å². The maximum Gasteiger partial charge on any atom is 0.185 e. The molecule has 0 aromatic rings. The van der Waals surface area contributed by atoms with Gasteiger partial charge in [-0.2, -0.15) is 0 Å². The molecule has 0 spiro atoms. The smallest absolute Gasteiger partial charge is 0.185 e. The fourth-order valence-electron chi connectivity index (χ4n) is 3.98. The Morgan fingerprint density at radius 3 is 2.03 bits per heavy atom. The van der Waals surface area contributed by atoms with E-state index in [-0.39, 0.29) is 11.6 Å². The summed E-state index contributed by atoms with van der Waals surface area (Å²) in [5.74, 6) is -0.134. The summed E-state index contributed by atoms with van der Waals surface area (Å²) in [6, 6.07) is 0. The first-order valence-electron chi connectivity index (χ1n) is 12.2. The number of hydrogen-bond donors (Lipinski definition) is 2. The molecular formula is C29H45NO3. The lowest BCUT2D eigenvalue weighted by molar-refractivity contribution is -0.116. The highest BCUT2D eigenvalue weighted by molar-refractivity contribution is 6.24. The summed E-state index contributed by atoms with van der Waals surface area (Å²) in [7, 11) is 0. The number of hydrogen-bond acceptors (Lipinski definition) is 4. The van der Waals surface area contributed by atoms with Gasteiger partial charge in [0, 0.05) is 28.0 Å². The minimum atomic E-state index is -0.951. The van der Waals surface area contributed by atoms with E-state index in [1.165, 1.54) is 16.7 Å². The zero-order chi connectivity index (χ0) is 25.3. The summed E-state index contributed by atoms with van der Waals surface area (Å²) in [5, 5.41) is 10.9. The Kier molecular flexibility index (Phi) is 11.3. The molecule has 3 N–H and O–H groups in total. The van der Waals surface area contributed by atoms with Gasteiger partial charge in [0.1, 0.15) is 0 Å². The molecule has 0 fully saturated rings. The van der Waals surface area contributed by atoms with Crippen LogP contribution in [0.2, 0.25) is 0 Å². The molecule has 0 saturated heterocycles. The van der Waals surface area contributed by atoms with Crippen LogP contribution < -0.4 is 5.73 Å². The Bertz CT molecular complexity index is 903. The first-order chi connectivity index (χ1) is 15.3. The molecule has 1 aliphatic carbocycles. The average molecular weight is 456 g/mol. The van der Waals surface area contributed by atoms with E-state index in [4.69, 9.17) is 5.73 Å². The maximum atomic E-state index is 12.6. The molecule has 184 valence electrons. The third kappa shape index (κ3) is 9.29. The minimum Gasteiger partial charge on any atom is -0.402 e. The first kappa shape index (κ1) is 28.8. The topological polar surface area (TPSA) is 80.4 Å². The molecule has 1 atom stereocenters. The van der Waals surface area contributed by atoms with Crippen molar-refractivity contribution in [2.45, 2.75) is 112 Å². The quantitative estimate of drug-likeness (QED) is 0.250. The van der Waals surface area contributed by atoms with Gasteiger partial charge in [-0.25, -0.2) is 0 Å². The predicted octanol–water partition coefficient (Wildman–Crippen LogP) is 6.81. The predicted molar refractivity (Wildman–Crippen MR) is 139 cm³/mol. The summed E-state index contributed by atoms with van der Waals surface area (Å²) in [4.78, 5) is 25.0. The molecule has 0 heterocycles. The Morgan fingerprint density at radius 2 is 1.42 bits per heavy atom. The second-order valence-corrected chi connectivity index (χ2v) is 10.2. The molecule has 0 aliphatic heterocycles. The lowest BCUT2D eigenvalue weighted by Crippen LogP contribution is -2.27. The van der Waals surface area contributed by atoms with Crippen LogP contribution in [0, 0.1) is 0 Å². The van der Waals surface area contributed by atoms with E-state index >= 15 is 0 Å². The monoisotopic (exact) mass is 455 g/mol. The summed E-state index contributed by atoms with van der Waals surface area (Å²) < 4.78 is 0. The van der Waals surface area contributed by atoms with Crippen molar-refractivity contribution in [3.05, 3.63) is 56.9 Å². The van der Waals surface area contributed by atoms with E-state index in [9.17, 15) is 14.7 Å². The minimum absolute atomic E-state index is 0.0641. The van der Waals surface area contributed by atoms with Gasteiger partial charge in [0.25, 0.3) is 0 Å². The molecule has 1 aliphatic rings. The van der Waals surface area contributed by atoms with Gasteiger partial charge < -0.3 is 10.8 Å². The highest BCUT2D eigenvalue weighted by Gasteiger charge is 2.29. The van der Waals surface area contributed by atoms with Gasteiger partial charge in [0.05, 0.1) is 5.60 Å². The van der Waals surface area contributed by atoms with Crippen LogP contribution >= 0.6 is 0 Å². The molecule has 1 rings (SSSR count). The second kappa shape index (κ2) is 12.9. The summed E-state index contributed by atoms with van der Waals surface area (Å²) in [5.41, 5.74) is 12.2. The van der Waals surface area contributed by atoms with E-state index < -0.39 is 5.60 Å². The zero-order valence-corrected chi connectivity index (χ0v) is 22.2. The van der Waals surface area contributed by atoms with Crippen molar-refractivity contribution in [1.82, 2.24) is 0 Å². The molecule has 0 aromatic heterocycles. The van der Waals surface area contributed by atoms with E-state index in [2.05, 4.69) is 39.8 Å². The zero-order valence-electron chi connectivity index (χ0n) is 22.2. The van der Waals surface area contributed by atoms with Crippen LogP contribution in [0.15, 0.2) is 56.9 Å². The van der Waals surface area contributed by atoms with Gasteiger partial charge in [0.15, 0.2) is 11.6 Å². The summed E-state index contributed by atoms with van der Waals surface area (Å²) >= 11 is 0. The fourth-order valence-corrected chi connectivity index (χ4v) is 3.98. The van der Waals surface area contributed by atoms with Crippen molar-refractivity contribution in [2.75, 3.05) is 0 Å². The Balaban J connectivity index is 2.59. The standard InChI is InChI=1S/C29H45NO3/c1-19(2)11-9-12-20(3)13-10-14-21(4)26(30)16-18-29(8,33)17-15-25-24(7)27(31)22(5)23(6)28(25)32/h11,13,33H,9-10,12,14-18,30H2,1-8H3. The van der Waals surface area contributed by atoms with Crippen LogP contribution in [0.25, 0.3) is 0 Å². The van der Waals surface area contributed by atoms with Crippen LogP contribution in [0.4, 0.5) is 0 Å². The molecule has 4 heteroatoms. The second-order valence-electron chi connectivity index (χ2n) is 10.2. The summed E-state index contributed by atoms with van der Waals surface area (Å²) in [6.45, 7) is 15.4. The summed E-state index contributed by atoms with van der Waals surface area (Å²) in [6.07, 6.45) is 10.6. The lowest BCUT2D eigenvalue weighted by atomic mass is 9.81. The third-order valence-corrected chi connectivity index (χ3v) is 6.81. The maximum absolute atomic E-state index is 12.6. The number of rotatable bonds is 12. The van der Waals surface area contributed by atoms with Crippen LogP contribution in [0.1, 0.15) is 107 Å². The highest BCUT2D eigenvalue weighted by Crippen LogP contribution is 2.30. The number of aliphatic hydroxyl groups is 1. The van der Waals surface area contributed by atoms with Gasteiger partial charge in [-0.15, -0.1) is 0 Å². The van der Waals surface area contributed by atoms with E-state index in [1.807, 2.05) is 0 Å². The number of Topliss-reactive ketones (excluding diaryl/α,β-unsaturated/α-hetero) is 2. The number of allylic oxidation sites excluding steroid dienone is 10. The number of carbonyl (C=O) groups excluding carboxylic acids is 2. The molecule has 0 radical (unpaired) electrons. The Morgan fingerprint density at radius 1 is 0.848 bits per heavy atom. The van der Waals surface area contributed by atoms with E-state index in [1.54, 1.807) is 27.7 Å². The van der Waals surface area contributed by atoms with E-state index in [0.29, 0.717) is 48.0 Å². The molecular weight excluding hydrogens is 410 g/mol. The lowest BCUT2D eigenvalue weighted by Gasteiger charge is -2.26. The van der Waals surface area contributed by atoms with Crippen LogP contribution in [-0.2, 0) is 9.59 Å². The number of carbonyl (C=O) groups is 2. The van der Waals surface area contributed by atoms with Crippen molar-refractivity contribution in [1.29, 1.82) is 0 Å². The molecule has 1 unspecified atom stereocenters. The van der Waals surface area contributed by atoms with E-state index in [0.717, 1.165) is 31.4 Å². The third-order valence-electron chi connectivity index (χ3n) is 6.81. The largest absolute Gasteiger partial charge is 0.402 e. The number of nitrogens with two attached hydrogens (primary N) is 1. The van der Waals surface area contributed by atoms with Gasteiger partial charge in [-0.05, 0) is 107 Å². The number of ketones is 2. The van der Waals surface area contributed by atoms with Crippen molar-refractivity contribution >= 4 is 11.6 Å². The van der Waals surface area contributed by atoms with Gasteiger partial charge >= 0.3 is 0 Å². The van der Waals surface area contributed by atoms with Crippen LogP contribution in [0.3, 0.4) is 0 Å². The first-order valence-corrected chi connectivity index (χ1v) is 12.2. The van der Waals surface area contributed by atoms with Gasteiger partial charge in [-0.1, -0.05) is 28.9 Å². The van der Waals surface area contributed by atoms with Crippen molar-refractivity contribution in [3.8, 4) is 0 Å². The highest BCUT2D eigenvalue weighted by atomic mass is 16.3. The molecule has 0 aromatic carbocycles. The van der Waals surface area contributed by atoms with Crippen LogP contribution in [-0.4, -0.2) is 22.3 Å². The molecule has 0 bridgehead atoms.